The fourth-order valence-electron chi connectivity index (χ4n) is 3.36. The van der Waals surface area contributed by atoms with Crippen LogP contribution in [0.4, 0.5) is 5.69 Å². The summed E-state index contributed by atoms with van der Waals surface area (Å²) < 4.78 is 28.4. The smallest absolute Gasteiger partial charge is 0.346 e. The Morgan fingerprint density at radius 1 is 0.938 bits per heavy atom. The van der Waals surface area contributed by atoms with E-state index in [2.05, 4.69) is 4.98 Å². The number of ether oxygens (including phenoxy) is 1. The summed E-state index contributed by atoms with van der Waals surface area (Å²) in [7, 11) is -2.97. The van der Waals surface area contributed by atoms with E-state index in [0.717, 1.165) is 37.3 Å². The van der Waals surface area contributed by atoms with Gasteiger partial charge in [0.25, 0.3) is 0 Å². The van der Waals surface area contributed by atoms with Crippen molar-refractivity contribution in [2.45, 2.75) is 6.61 Å². The van der Waals surface area contributed by atoms with Gasteiger partial charge in [-0.05, 0) is 53.1 Å². The Bertz CT molecular complexity index is 1160. The summed E-state index contributed by atoms with van der Waals surface area (Å²) >= 11 is 0. The molecule has 0 unspecified atom stereocenters. The monoisotopic (exact) mass is 452 g/mol. The minimum atomic E-state index is -2.97. The highest BCUT2D eigenvalue weighted by atomic mass is 31.2. The van der Waals surface area contributed by atoms with Gasteiger partial charge in [0.05, 0.1) is 11.5 Å². The number of pyridine rings is 1. The van der Waals surface area contributed by atoms with E-state index < -0.39 is 12.6 Å². The molecule has 0 spiro atoms. The van der Waals surface area contributed by atoms with E-state index >= 15 is 0 Å². The molecule has 0 saturated carbocycles. The van der Waals surface area contributed by atoms with E-state index in [9.17, 15) is 14.7 Å². The maximum absolute atomic E-state index is 13.1. The van der Waals surface area contributed by atoms with Gasteiger partial charge in [0.15, 0.2) is 0 Å². The normalized spacial score (nSPS) is 16.0. The van der Waals surface area contributed by atoms with Crippen LogP contribution in [0.5, 0.6) is 11.5 Å². The van der Waals surface area contributed by atoms with Crippen molar-refractivity contribution in [3.63, 3.8) is 0 Å². The molecule has 0 bridgehead atoms. The lowest BCUT2D eigenvalue weighted by Crippen LogP contribution is -2.08. The number of nitro benzene ring substituents is 1. The van der Waals surface area contributed by atoms with Gasteiger partial charge in [0.2, 0.25) is 5.75 Å². The Hall–Kier alpha value is -3.10. The Morgan fingerprint density at radius 3 is 2.16 bits per heavy atom. The third-order valence-electron chi connectivity index (χ3n) is 5.28. The number of benzene rings is 2. The molecule has 9 nitrogen and oxygen atoms in total. The Balaban J connectivity index is 1.34. The highest BCUT2D eigenvalue weighted by Gasteiger charge is 2.49. The van der Waals surface area contributed by atoms with E-state index in [0.29, 0.717) is 11.3 Å². The lowest BCUT2D eigenvalue weighted by atomic mass is 10.1. The first-order chi connectivity index (χ1) is 15.5. The van der Waals surface area contributed by atoms with Crippen LogP contribution in [0.25, 0.3) is 11.1 Å². The highest BCUT2D eigenvalue weighted by molar-refractivity contribution is 7.54. The summed E-state index contributed by atoms with van der Waals surface area (Å²) in [6.07, 6.45) is 3.44. The van der Waals surface area contributed by atoms with Gasteiger partial charge in [-0.25, -0.2) is 9.34 Å². The molecule has 0 aliphatic carbocycles. The fraction of sp³-hybridized carbons (Fsp3) is 0.227. The van der Waals surface area contributed by atoms with Crippen LogP contribution in [-0.2, 0) is 15.7 Å². The zero-order valence-corrected chi connectivity index (χ0v) is 18.1. The highest BCUT2D eigenvalue weighted by Crippen LogP contribution is 2.61. The molecule has 164 valence electrons. The number of rotatable bonds is 9. The van der Waals surface area contributed by atoms with Crippen molar-refractivity contribution >= 4 is 13.4 Å². The molecule has 2 aromatic carbocycles. The molecule has 1 aromatic heterocycles. The van der Waals surface area contributed by atoms with E-state index in [-0.39, 0.29) is 18.0 Å². The van der Waals surface area contributed by atoms with Gasteiger partial charge < -0.3 is 9.26 Å². The van der Waals surface area contributed by atoms with Gasteiger partial charge in [-0.2, -0.15) is 0 Å². The van der Waals surface area contributed by atoms with Crippen molar-refractivity contribution in [1.29, 1.82) is 0 Å². The number of hydrogen-bond acceptors (Lipinski definition) is 6. The van der Waals surface area contributed by atoms with Crippen molar-refractivity contribution in [2.24, 2.45) is 0 Å². The van der Waals surface area contributed by atoms with E-state index in [4.69, 9.17) is 9.26 Å². The summed E-state index contributed by atoms with van der Waals surface area (Å²) in [5, 5.41) is 11.5. The summed E-state index contributed by atoms with van der Waals surface area (Å²) in [6, 6.07) is 15.7. The maximum atomic E-state index is 13.1. The van der Waals surface area contributed by atoms with Crippen LogP contribution in [0, 0.1) is 10.1 Å². The molecule has 0 atom stereocenters. The van der Waals surface area contributed by atoms with Crippen LogP contribution in [0.15, 0.2) is 67.0 Å². The maximum Gasteiger partial charge on any atom is 0.346 e. The average Bonchev–Trinajstić information content (AvgIpc) is 3.71. The Kier molecular flexibility index (Phi) is 5.48. The van der Waals surface area contributed by atoms with Gasteiger partial charge in [0, 0.05) is 44.6 Å². The molecule has 0 radical (unpaired) electrons. The number of aromatic nitrogens is 1. The topological polar surface area (TPSA) is 97.6 Å². The van der Waals surface area contributed by atoms with Gasteiger partial charge in [-0.3, -0.25) is 19.7 Å². The van der Waals surface area contributed by atoms with Crippen molar-refractivity contribution in [2.75, 3.05) is 26.2 Å². The largest absolute Gasteiger partial charge is 0.450 e. The summed E-state index contributed by atoms with van der Waals surface area (Å²) in [6.45, 7) is 3.13. The first-order valence-electron chi connectivity index (χ1n) is 10.2. The zero-order chi connectivity index (χ0) is 22.1. The number of hydrogen-bond donors (Lipinski definition) is 0. The number of nitro groups is 1. The van der Waals surface area contributed by atoms with E-state index in [1.165, 1.54) is 6.07 Å². The lowest BCUT2D eigenvalue weighted by Gasteiger charge is -2.19. The van der Waals surface area contributed by atoms with Gasteiger partial charge >= 0.3 is 13.4 Å². The molecule has 2 saturated heterocycles. The van der Waals surface area contributed by atoms with Crippen LogP contribution in [-0.4, -0.2) is 45.4 Å². The molecule has 5 rings (SSSR count). The first kappa shape index (κ1) is 20.8. The van der Waals surface area contributed by atoms with Gasteiger partial charge in [-0.15, -0.1) is 0 Å². The van der Waals surface area contributed by atoms with Crippen molar-refractivity contribution < 1.29 is 18.7 Å². The predicted octanol–water partition coefficient (Wildman–Crippen LogP) is 4.71. The second kappa shape index (κ2) is 8.44. The molecule has 32 heavy (non-hydrogen) atoms. The summed E-state index contributed by atoms with van der Waals surface area (Å²) in [5.74, 6) is 0.587. The van der Waals surface area contributed by atoms with Crippen molar-refractivity contribution in [1.82, 2.24) is 14.3 Å². The van der Waals surface area contributed by atoms with Crippen molar-refractivity contribution in [3.8, 4) is 22.6 Å². The summed E-state index contributed by atoms with van der Waals surface area (Å²) in [5.41, 5.74) is 2.51. The van der Waals surface area contributed by atoms with Crippen LogP contribution < -0.4 is 4.74 Å². The minimum Gasteiger partial charge on any atom is -0.450 e. The zero-order valence-electron chi connectivity index (χ0n) is 17.2. The second-order valence-electron chi connectivity index (χ2n) is 7.59. The van der Waals surface area contributed by atoms with Crippen LogP contribution in [0.1, 0.15) is 5.56 Å². The van der Waals surface area contributed by atoms with Gasteiger partial charge in [-0.1, -0.05) is 12.1 Å². The lowest BCUT2D eigenvalue weighted by molar-refractivity contribution is -0.385. The van der Waals surface area contributed by atoms with Crippen LogP contribution in [0.3, 0.4) is 0 Å². The summed E-state index contributed by atoms with van der Waals surface area (Å²) in [4.78, 5) is 15.0. The molecule has 0 amide bonds. The Morgan fingerprint density at radius 2 is 1.56 bits per heavy atom. The third kappa shape index (κ3) is 4.42. The molecule has 10 heteroatoms. The van der Waals surface area contributed by atoms with Crippen LogP contribution in [0.2, 0.25) is 0 Å². The number of nitrogens with zero attached hydrogens (tertiary/aromatic N) is 4. The van der Waals surface area contributed by atoms with Crippen LogP contribution >= 0.6 is 7.67 Å². The Labute approximate surface area is 184 Å². The molecule has 2 fully saturated rings. The first-order valence-corrected chi connectivity index (χ1v) is 11.8. The standard InChI is InChI=1S/C22H21N4O5P/c27-26(28)21-6-1-17(16-30-32(29,24-11-12-24)25-13-14-25)15-22(21)31-20-4-2-18(3-5-20)19-7-9-23-10-8-19/h1-10,15H,11-14,16H2. The molecule has 0 N–H and O–H groups in total. The third-order valence-corrected chi connectivity index (χ3v) is 7.97. The second-order valence-corrected chi connectivity index (χ2v) is 9.96. The predicted molar refractivity (Wildman–Crippen MR) is 118 cm³/mol. The molecule has 2 aliphatic heterocycles. The van der Waals surface area contributed by atoms with E-state index in [1.807, 2.05) is 33.6 Å². The van der Waals surface area contributed by atoms with E-state index in [1.54, 1.807) is 36.7 Å². The fourth-order valence-corrected chi connectivity index (χ4v) is 5.55. The quantitative estimate of drug-likeness (QED) is 0.199. The average molecular weight is 452 g/mol. The van der Waals surface area contributed by atoms with Gasteiger partial charge in [0.1, 0.15) is 5.75 Å². The minimum absolute atomic E-state index is 0.0829. The molecular formula is C22H21N4O5P. The molecule has 2 aliphatic rings. The molecular weight excluding hydrogens is 431 g/mol. The SMILES string of the molecule is O=[N+]([O-])c1ccc(COP(=O)(N2CC2)N2CC2)cc1Oc1ccc(-c2ccncc2)cc1. The molecule has 3 aromatic rings. The molecule has 3 heterocycles. The van der Waals surface area contributed by atoms with Crippen molar-refractivity contribution in [3.05, 3.63) is 82.7 Å².